The summed E-state index contributed by atoms with van der Waals surface area (Å²) in [5.41, 5.74) is 2.55. The maximum Gasteiger partial charge on any atom is 0.196 e. The standard InChI is InChI=1S/C24H23FN4O3S/c1-31-22-8-2-17(3-9-22)14-32-15-21(30)16-33-24-28-27-23(18-10-12-26-13-11-18)29(24)20-6-4-19(25)5-7-20/h2-13,21,30H,14-16H2,1H3. The van der Waals surface area contributed by atoms with Crippen molar-refractivity contribution in [1.29, 1.82) is 0 Å². The van der Waals surface area contributed by atoms with Gasteiger partial charge in [-0.05, 0) is 54.1 Å². The van der Waals surface area contributed by atoms with Crippen LogP contribution in [0, 0.1) is 5.82 Å². The number of aliphatic hydroxyl groups excluding tert-OH is 1. The van der Waals surface area contributed by atoms with Crippen LogP contribution in [-0.4, -0.2) is 50.4 Å². The van der Waals surface area contributed by atoms with Crippen molar-refractivity contribution in [3.8, 4) is 22.8 Å². The molecule has 2 heterocycles. The Hall–Kier alpha value is -3.27. The van der Waals surface area contributed by atoms with Gasteiger partial charge in [0.1, 0.15) is 11.6 Å². The number of nitrogens with zero attached hydrogens (tertiary/aromatic N) is 4. The van der Waals surface area contributed by atoms with Gasteiger partial charge in [-0.2, -0.15) is 0 Å². The van der Waals surface area contributed by atoms with E-state index in [1.807, 2.05) is 41.0 Å². The molecule has 0 aliphatic rings. The minimum atomic E-state index is -0.698. The van der Waals surface area contributed by atoms with Crippen molar-refractivity contribution < 1.29 is 19.0 Å². The first-order chi connectivity index (χ1) is 16.1. The lowest BCUT2D eigenvalue weighted by molar-refractivity contribution is 0.0397. The Morgan fingerprint density at radius 1 is 1.00 bits per heavy atom. The quantitative estimate of drug-likeness (QED) is 0.352. The highest BCUT2D eigenvalue weighted by Gasteiger charge is 2.17. The summed E-state index contributed by atoms with van der Waals surface area (Å²) in [7, 11) is 1.62. The van der Waals surface area contributed by atoms with Gasteiger partial charge in [-0.1, -0.05) is 23.9 Å². The number of methoxy groups -OCH3 is 1. The van der Waals surface area contributed by atoms with E-state index in [4.69, 9.17) is 9.47 Å². The van der Waals surface area contributed by atoms with E-state index >= 15 is 0 Å². The number of pyridine rings is 1. The van der Waals surface area contributed by atoms with Crippen LogP contribution in [0.5, 0.6) is 5.75 Å². The summed E-state index contributed by atoms with van der Waals surface area (Å²) in [6.45, 7) is 0.574. The molecule has 4 rings (SSSR count). The summed E-state index contributed by atoms with van der Waals surface area (Å²) in [5.74, 6) is 1.43. The van der Waals surface area contributed by atoms with E-state index in [-0.39, 0.29) is 12.4 Å². The fraction of sp³-hybridized carbons (Fsp3) is 0.208. The second-order valence-electron chi connectivity index (χ2n) is 7.18. The van der Waals surface area contributed by atoms with Crippen LogP contribution in [0.3, 0.4) is 0 Å². The highest BCUT2D eigenvalue weighted by atomic mass is 32.2. The zero-order chi connectivity index (χ0) is 23.0. The van der Waals surface area contributed by atoms with Crippen LogP contribution >= 0.6 is 11.8 Å². The number of aromatic nitrogens is 4. The van der Waals surface area contributed by atoms with Crippen LogP contribution in [-0.2, 0) is 11.3 Å². The summed E-state index contributed by atoms with van der Waals surface area (Å²) in [6.07, 6.45) is 2.65. The minimum Gasteiger partial charge on any atom is -0.497 e. The van der Waals surface area contributed by atoms with E-state index in [2.05, 4.69) is 15.2 Å². The largest absolute Gasteiger partial charge is 0.497 e. The molecule has 0 spiro atoms. The Morgan fingerprint density at radius 3 is 2.42 bits per heavy atom. The molecule has 0 saturated heterocycles. The molecular weight excluding hydrogens is 443 g/mol. The average molecular weight is 467 g/mol. The normalized spacial score (nSPS) is 12.0. The number of rotatable bonds is 10. The maximum absolute atomic E-state index is 13.5. The van der Waals surface area contributed by atoms with Gasteiger partial charge < -0.3 is 14.6 Å². The maximum atomic E-state index is 13.5. The molecule has 0 saturated carbocycles. The molecule has 0 radical (unpaired) electrons. The van der Waals surface area contributed by atoms with Crippen LogP contribution in [0.1, 0.15) is 5.56 Å². The zero-order valence-electron chi connectivity index (χ0n) is 18.0. The van der Waals surface area contributed by atoms with Gasteiger partial charge in [-0.3, -0.25) is 9.55 Å². The highest BCUT2D eigenvalue weighted by Crippen LogP contribution is 2.28. The molecule has 2 aromatic carbocycles. The van der Waals surface area contributed by atoms with Crippen LogP contribution in [0.15, 0.2) is 78.2 Å². The smallest absolute Gasteiger partial charge is 0.196 e. The number of aliphatic hydroxyl groups is 1. The van der Waals surface area contributed by atoms with Gasteiger partial charge >= 0.3 is 0 Å². The number of hydrogen-bond donors (Lipinski definition) is 1. The molecule has 0 fully saturated rings. The summed E-state index contributed by atoms with van der Waals surface area (Å²) in [5, 5.41) is 19.6. The molecule has 4 aromatic rings. The van der Waals surface area contributed by atoms with Gasteiger partial charge in [0.15, 0.2) is 11.0 Å². The summed E-state index contributed by atoms with van der Waals surface area (Å²) in [6, 6.07) is 17.4. The lowest BCUT2D eigenvalue weighted by Crippen LogP contribution is -2.18. The third kappa shape index (κ3) is 5.95. The number of ether oxygens (including phenoxy) is 2. The van der Waals surface area contributed by atoms with E-state index < -0.39 is 6.10 Å². The van der Waals surface area contributed by atoms with Crippen molar-refractivity contribution >= 4 is 11.8 Å². The van der Waals surface area contributed by atoms with Crippen molar-refractivity contribution in [2.45, 2.75) is 17.9 Å². The SMILES string of the molecule is COc1ccc(COCC(O)CSc2nnc(-c3ccncc3)n2-c2ccc(F)cc2)cc1. The fourth-order valence-corrected chi connectivity index (χ4v) is 3.98. The Kier molecular flexibility index (Phi) is 7.66. The van der Waals surface area contributed by atoms with Crippen LogP contribution in [0.2, 0.25) is 0 Å². The molecule has 7 nitrogen and oxygen atoms in total. The number of halogens is 1. The van der Waals surface area contributed by atoms with Crippen molar-refractivity contribution in [2.24, 2.45) is 0 Å². The van der Waals surface area contributed by atoms with E-state index in [9.17, 15) is 9.50 Å². The van der Waals surface area contributed by atoms with Crippen LogP contribution < -0.4 is 4.74 Å². The van der Waals surface area contributed by atoms with E-state index in [0.29, 0.717) is 23.3 Å². The molecule has 170 valence electrons. The molecule has 0 bridgehead atoms. The van der Waals surface area contributed by atoms with Gasteiger partial charge in [0.05, 0.1) is 26.4 Å². The molecule has 1 N–H and O–H groups in total. The van der Waals surface area contributed by atoms with Crippen molar-refractivity contribution in [1.82, 2.24) is 19.7 Å². The lowest BCUT2D eigenvalue weighted by atomic mass is 10.2. The second-order valence-corrected chi connectivity index (χ2v) is 8.17. The van der Waals surface area contributed by atoms with Crippen molar-refractivity contribution in [2.75, 3.05) is 19.5 Å². The summed E-state index contributed by atoms with van der Waals surface area (Å²) >= 11 is 1.35. The molecular formula is C24H23FN4O3S. The first-order valence-electron chi connectivity index (χ1n) is 10.3. The number of benzene rings is 2. The van der Waals surface area contributed by atoms with Gasteiger partial charge in [0, 0.05) is 29.4 Å². The molecule has 1 unspecified atom stereocenters. The fourth-order valence-electron chi connectivity index (χ4n) is 3.13. The molecule has 9 heteroatoms. The lowest BCUT2D eigenvalue weighted by Gasteiger charge is -2.13. The minimum absolute atomic E-state index is 0.181. The topological polar surface area (TPSA) is 82.3 Å². The number of thioether (sulfide) groups is 1. The first kappa shape index (κ1) is 22.9. The van der Waals surface area contributed by atoms with E-state index in [1.165, 1.54) is 23.9 Å². The zero-order valence-corrected chi connectivity index (χ0v) is 18.8. The van der Waals surface area contributed by atoms with Crippen molar-refractivity contribution in [3.05, 3.63) is 84.4 Å². The third-order valence-electron chi connectivity index (χ3n) is 4.80. The molecule has 0 aliphatic carbocycles. The first-order valence-corrected chi connectivity index (χ1v) is 11.3. The second kappa shape index (κ2) is 11.0. The van der Waals surface area contributed by atoms with E-state index in [1.54, 1.807) is 31.6 Å². The summed E-state index contributed by atoms with van der Waals surface area (Å²) < 4.78 is 26.1. The number of hydrogen-bond acceptors (Lipinski definition) is 7. The molecule has 0 aliphatic heterocycles. The van der Waals surface area contributed by atoms with Crippen molar-refractivity contribution in [3.63, 3.8) is 0 Å². The highest BCUT2D eigenvalue weighted by molar-refractivity contribution is 7.99. The summed E-state index contributed by atoms with van der Waals surface area (Å²) in [4.78, 5) is 4.04. The molecule has 2 aromatic heterocycles. The third-order valence-corrected chi connectivity index (χ3v) is 5.87. The molecule has 1 atom stereocenters. The van der Waals surface area contributed by atoms with Gasteiger partial charge in [0.2, 0.25) is 0 Å². The molecule has 33 heavy (non-hydrogen) atoms. The van der Waals surface area contributed by atoms with Gasteiger partial charge in [-0.15, -0.1) is 10.2 Å². The van der Waals surface area contributed by atoms with E-state index in [0.717, 1.165) is 22.6 Å². The Morgan fingerprint density at radius 2 is 1.73 bits per heavy atom. The predicted octanol–water partition coefficient (Wildman–Crippen LogP) is 4.15. The predicted molar refractivity (Wildman–Crippen MR) is 124 cm³/mol. The molecule has 0 amide bonds. The van der Waals surface area contributed by atoms with Crippen LogP contribution in [0.4, 0.5) is 4.39 Å². The monoisotopic (exact) mass is 466 g/mol. The average Bonchev–Trinajstić information content (AvgIpc) is 3.28. The van der Waals surface area contributed by atoms with Gasteiger partial charge in [-0.25, -0.2) is 4.39 Å². The Bertz CT molecular complexity index is 1150. The van der Waals surface area contributed by atoms with Crippen LogP contribution in [0.25, 0.3) is 17.1 Å². The Balaban J connectivity index is 1.41. The van der Waals surface area contributed by atoms with Gasteiger partial charge in [0.25, 0.3) is 0 Å². The Labute approximate surface area is 195 Å².